The number of likely N-dealkylation sites (N-methyl/N-ethyl adjacent to an activating group) is 2. The molecular formula is C40H46N2O8. The van der Waals surface area contributed by atoms with Gasteiger partial charge in [0.1, 0.15) is 5.75 Å². The Bertz CT molecular complexity index is 1920. The van der Waals surface area contributed by atoms with Crippen molar-refractivity contribution in [3.8, 4) is 62.9 Å². The van der Waals surface area contributed by atoms with E-state index in [0.717, 1.165) is 65.9 Å². The summed E-state index contributed by atoms with van der Waals surface area (Å²) in [4.78, 5) is 4.74. The van der Waals surface area contributed by atoms with Gasteiger partial charge in [0.05, 0.1) is 42.7 Å². The monoisotopic (exact) mass is 682 g/mol. The van der Waals surface area contributed by atoms with E-state index in [-0.39, 0.29) is 17.8 Å². The van der Waals surface area contributed by atoms with Gasteiger partial charge in [0.2, 0.25) is 11.5 Å². The van der Waals surface area contributed by atoms with Crippen molar-refractivity contribution in [2.45, 2.75) is 37.8 Å². The van der Waals surface area contributed by atoms with E-state index in [0.29, 0.717) is 46.7 Å². The van der Waals surface area contributed by atoms with E-state index >= 15 is 0 Å². The van der Waals surface area contributed by atoms with Gasteiger partial charge >= 0.3 is 0 Å². The Kier molecular flexibility index (Phi) is 9.09. The van der Waals surface area contributed by atoms with Crippen LogP contribution >= 0.6 is 0 Å². The van der Waals surface area contributed by atoms with Gasteiger partial charge in [-0.1, -0.05) is 12.1 Å². The summed E-state index contributed by atoms with van der Waals surface area (Å²) < 4.78 is 42.1. The van der Waals surface area contributed by atoms with Crippen LogP contribution in [-0.4, -0.2) is 84.7 Å². The average Bonchev–Trinajstić information content (AvgIpc) is 3.13. The minimum atomic E-state index is 0.0636. The lowest BCUT2D eigenvalue weighted by Gasteiger charge is -2.41. The second kappa shape index (κ2) is 13.5. The Balaban J connectivity index is 1.29. The number of phenolic OH excluding ortho intramolecular Hbond substituents is 1. The summed E-state index contributed by atoms with van der Waals surface area (Å²) in [5.41, 5.74) is 8.76. The van der Waals surface area contributed by atoms with Gasteiger partial charge in [0.25, 0.3) is 0 Å². The third-order valence-corrected chi connectivity index (χ3v) is 10.7. The quantitative estimate of drug-likeness (QED) is 0.194. The summed E-state index contributed by atoms with van der Waals surface area (Å²) in [6.45, 7) is 1.79. The third-order valence-electron chi connectivity index (χ3n) is 10.7. The molecule has 50 heavy (non-hydrogen) atoms. The number of methoxy groups -OCH3 is 6. The molecule has 1 aliphatic carbocycles. The molecule has 10 nitrogen and oxygen atoms in total. The molecule has 7 rings (SSSR count). The number of aromatic hydroxyl groups is 1. The summed E-state index contributed by atoms with van der Waals surface area (Å²) in [6.07, 6.45) is 3.21. The molecule has 2 heterocycles. The van der Waals surface area contributed by atoms with Crippen LogP contribution in [0.25, 0.3) is 11.1 Å². The third kappa shape index (κ3) is 5.41. The number of rotatable bonds is 10. The molecule has 10 heteroatoms. The van der Waals surface area contributed by atoms with Gasteiger partial charge in [-0.05, 0) is 97.9 Å². The van der Waals surface area contributed by atoms with Crippen LogP contribution < -0.4 is 33.2 Å². The molecule has 0 aromatic heterocycles. The Morgan fingerprint density at radius 3 is 2.02 bits per heavy atom. The highest BCUT2D eigenvalue weighted by Gasteiger charge is 2.41. The average molecular weight is 683 g/mol. The zero-order valence-corrected chi connectivity index (χ0v) is 30.1. The van der Waals surface area contributed by atoms with Gasteiger partial charge in [-0.25, -0.2) is 0 Å². The fourth-order valence-corrected chi connectivity index (χ4v) is 8.19. The standard InChI is InChI=1S/C40H46N2O8/c1-41-15-13-23-18-31(43)32(44-3)20-26(23)29(41)17-22-9-11-24(12-10-22)50-37-28-19-30-34-25(14-16-42(30)2)36(46-5)40(49-8)39(48-7)35(34)27(28)21-33(45-4)38(37)47-6/h9-12,18,20-21,29-30,43H,13-17,19H2,1-8H3/t29-,30+/m0/s1. The van der Waals surface area contributed by atoms with Crippen molar-refractivity contribution in [1.29, 1.82) is 0 Å². The first-order valence-electron chi connectivity index (χ1n) is 17.0. The molecule has 2 aliphatic heterocycles. The predicted molar refractivity (Wildman–Crippen MR) is 191 cm³/mol. The van der Waals surface area contributed by atoms with Crippen LogP contribution in [0.4, 0.5) is 0 Å². The summed E-state index contributed by atoms with van der Waals surface area (Å²) in [5, 5.41) is 10.4. The summed E-state index contributed by atoms with van der Waals surface area (Å²) in [5.74, 6) is 5.00. The van der Waals surface area contributed by atoms with Gasteiger partial charge in [-0.3, -0.25) is 9.80 Å². The van der Waals surface area contributed by atoms with Crippen molar-refractivity contribution < 1.29 is 38.3 Å². The lowest BCUT2D eigenvalue weighted by atomic mass is 9.75. The largest absolute Gasteiger partial charge is 0.504 e. The lowest BCUT2D eigenvalue weighted by molar-refractivity contribution is 0.220. The number of ether oxygens (including phenoxy) is 7. The van der Waals surface area contributed by atoms with Crippen LogP contribution in [0.5, 0.6) is 51.7 Å². The van der Waals surface area contributed by atoms with E-state index in [1.807, 2.05) is 30.3 Å². The van der Waals surface area contributed by atoms with Gasteiger partial charge in [-0.15, -0.1) is 0 Å². The summed E-state index contributed by atoms with van der Waals surface area (Å²) >= 11 is 0. The highest BCUT2D eigenvalue weighted by atomic mass is 16.5. The molecule has 3 aliphatic rings. The Labute approximate surface area is 294 Å². The SMILES string of the molecule is COc1cc2c(cc1O)CCN(C)[C@H]2Cc1ccc(Oc2c3c(cc(OC)c2OC)-c2c(OC)c(OC)c(OC)c4c2[C@@H](C3)N(C)CC4)cc1. The van der Waals surface area contributed by atoms with E-state index in [1.165, 1.54) is 16.7 Å². The van der Waals surface area contributed by atoms with Gasteiger partial charge in [0.15, 0.2) is 34.5 Å². The predicted octanol–water partition coefficient (Wildman–Crippen LogP) is 6.76. The maximum atomic E-state index is 10.4. The van der Waals surface area contributed by atoms with Crippen LogP contribution in [0.3, 0.4) is 0 Å². The first kappa shape index (κ1) is 33.7. The van der Waals surface area contributed by atoms with Crippen LogP contribution in [0.1, 0.15) is 45.5 Å². The molecule has 0 unspecified atom stereocenters. The van der Waals surface area contributed by atoms with Crippen LogP contribution in [0.15, 0.2) is 42.5 Å². The molecule has 1 N–H and O–H groups in total. The number of benzene rings is 4. The van der Waals surface area contributed by atoms with Gasteiger partial charge in [-0.2, -0.15) is 0 Å². The lowest BCUT2D eigenvalue weighted by Crippen LogP contribution is -2.36. The smallest absolute Gasteiger partial charge is 0.204 e. The summed E-state index contributed by atoms with van der Waals surface area (Å²) in [7, 11) is 14.2. The van der Waals surface area contributed by atoms with Crippen molar-refractivity contribution in [1.82, 2.24) is 9.80 Å². The topological polar surface area (TPSA) is 91.3 Å². The summed E-state index contributed by atoms with van der Waals surface area (Å²) in [6, 6.07) is 14.3. The molecule has 0 amide bonds. The highest BCUT2D eigenvalue weighted by Crippen LogP contribution is 2.60. The molecule has 264 valence electrons. The van der Waals surface area contributed by atoms with E-state index in [2.05, 4.69) is 36.0 Å². The maximum Gasteiger partial charge on any atom is 0.204 e. The molecule has 4 aromatic rings. The van der Waals surface area contributed by atoms with Crippen LogP contribution in [-0.2, 0) is 25.7 Å². The van der Waals surface area contributed by atoms with Crippen LogP contribution in [0.2, 0.25) is 0 Å². The van der Waals surface area contributed by atoms with Crippen molar-refractivity contribution in [2.24, 2.45) is 0 Å². The number of nitrogens with zero attached hydrogens (tertiary/aromatic N) is 2. The molecule has 4 aromatic carbocycles. The highest BCUT2D eigenvalue weighted by molar-refractivity contribution is 5.89. The minimum Gasteiger partial charge on any atom is -0.504 e. The van der Waals surface area contributed by atoms with E-state index in [9.17, 15) is 5.11 Å². The van der Waals surface area contributed by atoms with E-state index in [4.69, 9.17) is 33.2 Å². The molecule has 0 bridgehead atoms. The van der Waals surface area contributed by atoms with Crippen molar-refractivity contribution in [3.05, 3.63) is 75.8 Å². The van der Waals surface area contributed by atoms with Crippen molar-refractivity contribution >= 4 is 0 Å². The second-order valence-corrected chi connectivity index (χ2v) is 13.2. The molecule has 0 radical (unpaired) electrons. The number of hydrogen-bond donors (Lipinski definition) is 1. The number of fused-ring (bicyclic) bond motifs is 3. The number of hydrogen-bond acceptors (Lipinski definition) is 10. The normalized spacial score (nSPS) is 18.0. The van der Waals surface area contributed by atoms with Crippen molar-refractivity contribution in [2.75, 3.05) is 69.8 Å². The van der Waals surface area contributed by atoms with E-state index < -0.39 is 0 Å². The second-order valence-electron chi connectivity index (χ2n) is 13.2. The van der Waals surface area contributed by atoms with Crippen molar-refractivity contribution in [3.63, 3.8) is 0 Å². The minimum absolute atomic E-state index is 0.0636. The molecule has 0 saturated heterocycles. The molecular weight excluding hydrogens is 636 g/mol. The fraction of sp³-hybridized carbons (Fsp3) is 0.400. The molecule has 2 atom stereocenters. The van der Waals surface area contributed by atoms with Gasteiger partial charge < -0.3 is 38.3 Å². The molecule has 0 saturated carbocycles. The first-order valence-corrected chi connectivity index (χ1v) is 17.0. The zero-order valence-electron chi connectivity index (χ0n) is 30.1. The zero-order chi connectivity index (χ0) is 35.3. The Hall–Kier alpha value is -4.80. The Morgan fingerprint density at radius 1 is 0.680 bits per heavy atom. The number of phenols is 1. The molecule has 0 spiro atoms. The van der Waals surface area contributed by atoms with Crippen LogP contribution in [0, 0.1) is 0 Å². The van der Waals surface area contributed by atoms with Gasteiger partial charge in [0, 0.05) is 41.9 Å². The van der Waals surface area contributed by atoms with E-state index in [1.54, 1.807) is 42.7 Å². The maximum absolute atomic E-state index is 10.4. The first-order chi connectivity index (χ1) is 24.3. The Morgan fingerprint density at radius 2 is 1.36 bits per heavy atom. The molecule has 0 fully saturated rings. The fourth-order valence-electron chi connectivity index (χ4n) is 8.19.